The summed E-state index contributed by atoms with van der Waals surface area (Å²) in [6.07, 6.45) is 0.972. The molecule has 12 aromatic rings. The first-order valence-corrected chi connectivity index (χ1v) is 52.3. The lowest BCUT2D eigenvalue weighted by Gasteiger charge is -2.39. The van der Waals surface area contributed by atoms with Gasteiger partial charge in [-0.1, -0.05) is 164 Å². The average molecular weight is 2250 g/mol. The van der Waals surface area contributed by atoms with Crippen LogP contribution in [0.1, 0.15) is 76.7 Å². The Balaban J connectivity index is 0.000000129. The van der Waals surface area contributed by atoms with Crippen LogP contribution in [0, 0.1) is 46.5 Å². The van der Waals surface area contributed by atoms with E-state index in [4.69, 9.17) is 127 Å². The maximum absolute atomic E-state index is 14.8. The summed E-state index contributed by atoms with van der Waals surface area (Å²) in [5, 5.41) is 25.7. The molecule has 0 saturated carbocycles. The standard InChI is InChI=1S/C29H27Cl2F2N5O3S.C25H22Cl2F2N4O2S.C24H20Cl2F2N4O2S.C23H18Cl2F2N4O2S/c1-29(2,3)41-28(40)37-14-16-10-17(37)13-36(16)23-11-22-21(35-26(23)42-24-8-7-15(32)9-20(24)33)12-34-27(39)38(22)25-18(30)5-4-6-19(25)31;1-13-11-32(12-14(2)35-13)21-9-20-19(31-24(21)36-22-7-6-15(28)8-18(22)29)10-30-25(34)33(20)23-16(26)4-3-5-17(23)27;25-15-2-1-3-16(26)22(15)32-19-11-20(31-8-6-14(33)7-9-31)23(30-18(19)12-29-24(32)34)35-21-5-4-13(27)10-17(21)28;24-14-2-1-3-15(25)21(14)31-18-11-19(30-6-8-33-9-7-30)22(29-17(18)12-28-23(31)32)34-20-5-4-13(26)10-16(20)27/h4-9,11,16-17H,10,12-14H2,1-3H3,(H,34,39);3-9,13-14H,10-12H2,1-2H3,(H,30,34);1-5,10-11,14,33H,6-9,12H2,(H,29,34);1-5,10-11H,6-9,12H2,(H,28,32). The normalized spacial score (nSPS) is 18.0. The fourth-order valence-corrected chi connectivity index (χ4v) is 24.1. The number of rotatable bonds is 16. The van der Waals surface area contributed by atoms with Crippen LogP contribution in [-0.4, -0.2) is 162 Å². The second-order valence-corrected chi connectivity index (χ2v) is 43.3. The Bertz CT molecular complexity index is 7090. The maximum Gasteiger partial charge on any atom is 0.410 e. The number of likely N-dealkylation sites (tertiary alicyclic amines) is 1. The Morgan fingerprint density at radius 1 is 0.388 bits per heavy atom. The molecular formula is C101H87Cl8F8N17O9S4. The van der Waals surface area contributed by atoms with Gasteiger partial charge < -0.3 is 65.1 Å². The summed E-state index contributed by atoms with van der Waals surface area (Å²) < 4.78 is 129. The van der Waals surface area contributed by atoms with Crippen LogP contribution in [0.4, 0.5) is 127 Å². The number of morpholine rings is 2. The van der Waals surface area contributed by atoms with Crippen molar-refractivity contribution in [1.29, 1.82) is 0 Å². The monoisotopic (exact) mass is 2240 g/mol. The predicted octanol–water partition coefficient (Wildman–Crippen LogP) is 26.3. The molecule has 4 atom stereocenters. The highest BCUT2D eigenvalue weighted by Gasteiger charge is 2.49. The number of amides is 9. The number of piperazine rings is 1. The lowest BCUT2D eigenvalue weighted by atomic mass is 10.1. The Kier molecular flexibility index (Phi) is 32.4. The maximum atomic E-state index is 14.8. The summed E-state index contributed by atoms with van der Waals surface area (Å²) in [7, 11) is 0. The van der Waals surface area contributed by atoms with E-state index in [0.717, 1.165) is 71.3 Å². The first kappa shape index (κ1) is 106. The number of ether oxygens (including phenoxy) is 3. The third-order valence-corrected chi connectivity index (χ3v) is 31.3. The molecule has 9 amide bonds. The van der Waals surface area contributed by atoms with Crippen molar-refractivity contribution in [3.05, 3.63) is 279 Å². The number of aliphatic hydroxyl groups is 1. The van der Waals surface area contributed by atoms with Crippen molar-refractivity contribution in [2.45, 2.75) is 156 Å². The summed E-state index contributed by atoms with van der Waals surface area (Å²) in [6.45, 7) is 15.5. The molecule has 5 N–H and O–H groups in total. The van der Waals surface area contributed by atoms with Gasteiger partial charge in [-0.15, -0.1) is 0 Å². The van der Waals surface area contributed by atoms with E-state index in [9.17, 15) is 64.2 Å². The smallest absolute Gasteiger partial charge is 0.410 e. The molecule has 9 aliphatic rings. The molecule has 5 fully saturated rings. The van der Waals surface area contributed by atoms with Crippen molar-refractivity contribution < 1.29 is 78.4 Å². The van der Waals surface area contributed by atoms with E-state index in [1.807, 2.05) is 63.8 Å². The van der Waals surface area contributed by atoms with Gasteiger partial charge in [0.15, 0.2) is 0 Å². The van der Waals surface area contributed by atoms with Crippen LogP contribution >= 0.6 is 140 Å². The topological polar surface area (TPSA) is 262 Å². The van der Waals surface area contributed by atoms with Crippen LogP contribution in [0.3, 0.4) is 0 Å². The molecule has 4 aromatic heterocycles. The third kappa shape index (κ3) is 23.3. The molecule has 5 saturated heterocycles. The minimum absolute atomic E-state index is 0.0531. The zero-order chi connectivity index (χ0) is 104. The minimum Gasteiger partial charge on any atom is -0.444 e. The first-order valence-electron chi connectivity index (χ1n) is 46.0. The number of pyridine rings is 4. The fourth-order valence-electron chi connectivity index (χ4n) is 18.1. The number of anilines is 12. The van der Waals surface area contributed by atoms with Crippen LogP contribution in [-0.2, 0) is 40.4 Å². The number of halogens is 16. The van der Waals surface area contributed by atoms with E-state index in [0.29, 0.717) is 226 Å². The number of carbonyl (C=O) groups is 5. The fraction of sp³-hybridized carbons (Fsp3) is 0.277. The molecule has 21 rings (SSSR count). The molecule has 13 heterocycles. The van der Waals surface area contributed by atoms with E-state index < -0.39 is 70.3 Å². The number of fused-ring (bicyclic) bond motifs is 6. The van der Waals surface area contributed by atoms with E-state index >= 15 is 0 Å². The third-order valence-electron chi connectivity index (χ3n) is 24.6. The molecule has 147 heavy (non-hydrogen) atoms. The molecule has 26 nitrogen and oxygen atoms in total. The van der Waals surface area contributed by atoms with Crippen LogP contribution in [0.2, 0.25) is 40.2 Å². The number of hydrogen-bond acceptors (Lipinski definition) is 21. The van der Waals surface area contributed by atoms with Crippen LogP contribution < -0.4 is 60.5 Å². The summed E-state index contributed by atoms with van der Waals surface area (Å²) >= 11 is 56.0. The van der Waals surface area contributed by atoms with Crippen LogP contribution in [0.5, 0.6) is 0 Å². The van der Waals surface area contributed by atoms with E-state index in [1.165, 1.54) is 68.1 Å². The number of para-hydroxylation sites is 4. The molecule has 0 aliphatic carbocycles. The Morgan fingerprint density at radius 3 is 0.973 bits per heavy atom. The summed E-state index contributed by atoms with van der Waals surface area (Å²) in [5.41, 5.74) is 7.73. The van der Waals surface area contributed by atoms with Crippen LogP contribution in [0.15, 0.2) is 210 Å². The SMILES string of the molecule is CC(C)(C)OC(=O)N1CC2CC1CN2c1cc2c(nc1Sc1ccc(F)cc1F)CNC(=O)N2c1c(Cl)cccc1Cl.CC1CN(c2cc3c(nc2Sc2ccc(F)cc2F)CNC(=O)N3c2c(Cl)cccc2Cl)CC(C)O1.O=C1NCc2nc(Sc3ccc(F)cc3F)c(N3CCC(O)CC3)cc2N1c1c(Cl)cccc1Cl.O=C1NCc2nc(Sc3ccc(F)cc3F)c(N3CCOCC3)cc2N1c1c(Cl)cccc1Cl. The van der Waals surface area contributed by atoms with Crippen molar-refractivity contribution in [2.24, 2.45) is 0 Å². The number of hydrogen-bond donors (Lipinski definition) is 5. The quantitative estimate of drug-likeness (QED) is 0.0563. The number of nitrogens with zero attached hydrogens (tertiary/aromatic N) is 13. The van der Waals surface area contributed by atoms with Gasteiger partial charge in [0.2, 0.25) is 0 Å². The number of nitrogens with one attached hydrogen (secondary N) is 4. The van der Waals surface area contributed by atoms with Gasteiger partial charge in [-0.2, -0.15) is 0 Å². The van der Waals surface area contributed by atoms with Gasteiger partial charge >= 0.3 is 30.2 Å². The van der Waals surface area contributed by atoms with Gasteiger partial charge in [-0.05, 0) is 175 Å². The highest BCUT2D eigenvalue weighted by atomic mass is 35.5. The number of piperidine rings is 1. The molecule has 8 aromatic carbocycles. The number of carbonyl (C=O) groups excluding carboxylic acids is 5. The second kappa shape index (κ2) is 45.0. The molecule has 46 heteroatoms. The van der Waals surface area contributed by atoms with E-state index in [1.54, 1.807) is 77.7 Å². The number of benzene rings is 8. The van der Waals surface area contributed by atoms with Gasteiger partial charge in [0.25, 0.3) is 0 Å². The average Bonchev–Trinajstić information content (AvgIpc) is 1.64. The highest BCUT2D eigenvalue weighted by Crippen LogP contribution is 2.53. The minimum atomic E-state index is -0.706. The largest absolute Gasteiger partial charge is 0.444 e. The molecule has 0 spiro atoms. The molecule has 9 aliphatic heterocycles. The van der Waals surface area contributed by atoms with E-state index in [2.05, 4.69) is 36.0 Å². The molecule has 4 unspecified atom stereocenters. The van der Waals surface area contributed by atoms with Crippen LogP contribution in [0.25, 0.3) is 0 Å². The van der Waals surface area contributed by atoms with Gasteiger partial charge in [0.1, 0.15) is 72.2 Å². The zero-order valence-corrected chi connectivity index (χ0v) is 87.6. The number of aromatic nitrogens is 4. The lowest BCUT2D eigenvalue weighted by molar-refractivity contribution is -0.00541. The number of urea groups is 4. The molecule has 2 bridgehead atoms. The van der Waals surface area contributed by atoms with E-state index in [-0.39, 0.29) is 98.3 Å². The summed E-state index contributed by atoms with van der Waals surface area (Å²) in [5.74, 6) is -5.38. The number of aliphatic hydroxyl groups excluding tert-OH is 1. The first-order chi connectivity index (χ1) is 70.3. The summed E-state index contributed by atoms with van der Waals surface area (Å²) in [6, 6.07) is 39.3. The van der Waals surface area contributed by atoms with Crippen molar-refractivity contribution in [3.8, 4) is 0 Å². The van der Waals surface area contributed by atoms with Gasteiger partial charge in [-0.25, -0.2) is 79.0 Å². The highest BCUT2D eigenvalue weighted by molar-refractivity contribution is 8.00. The molecule has 0 radical (unpaired) electrons. The Labute approximate surface area is 895 Å². The van der Waals surface area contributed by atoms with Gasteiger partial charge in [0, 0.05) is 102 Å². The molecular weight excluding hydrogens is 2160 g/mol. The zero-order valence-electron chi connectivity index (χ0n) is 78.3. The van der Waals surface area contributed by atoms with Crippen molar-refractivity contribution in [3.63, 3.8) is 0 Å². The van der Waals surface area contributed by atoms with Gasteiger partial charge in [-0.3, -0.25) is 19.6 Å². The summed E-state index contributed by atoms with van der Waals surface area (Å²) in [4.78, 5) is 101. The predicted molar refractivity (Wildman–Crippen MR) is 557 cm³/mol. The Morgan fingerprint density at radius 2 is 0.680 bits per heavy atom. The second-order valence-electron chi connectivity index (χ2n) is 35.9. The van der Waals surface area contributed by atoms with Crippen molar-refractivity contribution in [1.82, 2.24) is 46.1 Å². The lowest BCUT2D eigenvalue weighted by Crippen LogP contribution is -2.50. The van der Waals surface area contributed by atoms with Crippen molar-refractivity contribution in [2.75, 3.05) is 105 Å². The van der Waals surface area contributed by atoms with Gasteiger partial charge in [0.05, 0.1) is 195 Å². The van der Waals surface area contributed by atoms with Crippen molar-refractivity contribution >= 4 is 238 Å². The Hall–Kier alpha value is -11.1. The molecule has 766 valence electrons.